The zero-order valence-corrected chi connectivity index (χ0v) is 29.1. The quantitative estimate of drug-likeness (QED) is 0.149. The Labute approximate surface area is 292 Å². The first-order valence-corrected chi connectivity index (χ1v) is 18.2. The number of rotatable bonds is 14. The van der Waals surface area contributed by atoms with E-state index in [0.29, 0.717) is 21.4 Å². The summed E-state index contributed by atoms with van der Waals surface area (Å²) in [7, 11) is -4.32. The number of carbonyl (C=O) groups excluding carboxylic acids is 2. The smallest absolute Gasteiger partial charge is 0.264 e. The molecule has 0 aliphatic heterocycles. The van der Waals surface area contributed by atoms with Crippen LogP contribution in [0.15, 0.2) is 108 Å². The molecular weight excluding hydrogens is 669 g/mol. The van der Waals surface area contributed by atoms with Gasteiger partial charge in [0.15, 0.2) is 0 Å². The molecule has 0 unspecified atom stereocenters. The van der Waals surface area contributed by atoms with Crippen molar-refractivity contribution in [2.24, 2.45) is 0 Å². The van der Waals surface area contributed by atoms with Gasteiger partial charge in [-0.2, -0.15) is 0 Å². The van der Waals surface area contributed by atoms with Crippen LogP contribution in [0.5, 0.6) is 5.75 Å². The first-order chi connectivity index (χ1) is 23.2. The van der Waals surface area contributed by atoms with Crippen LogP contribution in [0.2, 0.25) is 10.0 Å². The van der Waals surface area contributed by atoms with Crippen LogP contribution < -0.4 is 14.4 Å². The molecule has 4 aromatic carbocycles. The van der Waals surface area contributed by atoms with Crippen molar-refractivity contribution in [3.05, 3.63) is 124 Å². The second kappa shape index (κ2) is 16.4. The van der Waals surface area contributed by atoms with E-state index in [1.165, 1.54) is 29.2 Å². The predicted octanol–water partition coefficient (Wildman–Crippen LogP) is 7.29. The summed E-state index contributed by atoms with van der Waals surface area (Å²) < 4.78 is 35.6. The third-order valence-corrected chi connectivity index (χ3v) is 10.8. The maximum Gasteiger partial charge on any atom is 0.264 e. The lowest BCUT2D eigenvalue weighted by molar-refractivity contribution is -0.140. The number of sulfonamides is 1. The molecule has 2 amide bonds. The first-order valence-electron chi connectivity index (χ1n) is 16.0. The van der Waals surface area contributed by atoms with E-state index in [-0.39, 0.29) is 42.1 Å². The summed E-state index contributed by atoms with van der Waals surface area (Å²) >= 11 is 12.7. The van der Waals surface area contributed by atoms with Crippen molar-refractivity contribution in [2.75, 3.05) is 17.5 Å². The van der Waals surface area contributed by atoms with Gasteiger partial charge in [-0.25, -0.2) is 8.42 Å². The summed E-state index contributed by atoms with van der Waals surface area (Å²) in [5, 5.41) is 3.97. The molecule has 0 radical (unpaired) electrons. The highest BCUT2D eigenvalue weighted by Gasteiger charge is 2.36. The number of benzene rings is 4. The normalized spacial score (nSPS) is 13.9. The number of carbonyl (C=O) groups is 2. The minimum Gasteiger partial charge on any atom is -0.492 e. The number of nitrogens with one attached hydrogen (secondary N) is 1. The monoisotopic (exact) mass is 707 g/mol. The number of amides is 2. The van der Waals surface area contributed by atoms with Gasteiger partial charge in [-0.1, -0.05) is 96.7 Å². The summed E-state index contributed by atoms with van der Waals surface area (Å²) in [5.74, 6) is -0.586. The number of hydrogen-bond donors (Lipinski definition) is 1. The largest absolute Gasteiger partial charge is 0.492 e. The lowest BCUT2D eigenvalue weighted by Gasteiger charge is -2.34. The number of hydrogen-bond acceptors (Lipinski definition) is 5. The van der Waals surface area contributed by atoms with Crippen molar-refractivity contribution in [3.8, 4) is 5.75 Å². The minimum absolute atomic E-state index is 0.00730. The van der Waals surface area contributed by atoms with Crippen molar-refractivity contribution in [1.82, 2.24) is 10.2 Å². The predicted molar refractivity (Wildman–Crippen MR) is 190 cm³/mol. The Balaban J connectivity index is 1.60. The molecule has 1 saturated carbocycles. The van der Waals surface area contributed by atoms with E-state index < -0.39 is 28.5 Å². The standard InChI is InChI=1S/C37H39Cl2N3O5S/c1-2-47-35-19-11-10-18-33(35)42(48(45,46)31-22-20-29(38)21-23-31)26-36(43)41(25-28-14-6-9-17-32(28)39)34(24-27-12-4-3-5-13-27)37(44)40-30-15-7-8-16-30/h3-6,9-14,17-23,30,34H,2,7-8,15-16,24-26H2,1H3,(H,40,44)/t34-/m1/s1. The van der Waals surface area contributed by atoms with E-state index in [1.54, 1.807) is 49.4 Å². The topological polar surface area (TPSA) is 96.0 Å². The summed E-state index contributed by atoms with van der Waals surface area (Å²) in [6, 6.07) is 28.0. The fraction of sp³-hybridized carbons (Fsp3) is 0.297. The third kappa shape index (κ3) is 8.69. The van der Waals surface area contributed by atoms with E-state index in [1.807, 2.05) is 36.4 Å². The maximum atomic E-state index is 14.8. The zero-order valence-electron chi connectivity index (χ0n) is 26.7. The van der Waals surface area contributed by atoms with E-state index in [2.05, 4.69) is 5.32 Å². The van der Waals surface area contributed by atoms with Crippen LogP contribution in [0.4, 0.5) is 5.69 Å². The average Bonchev–Trinajstić information content (AvgIpc) is 3.60. The minimum atomic E-state index is -4.32. The Kier molecular flexibility index (Phi) is 12.0. The van der Waals surface area contributed by atoms with Gasteiger partial charge in [0, 0.05) is 29.1 Å². The third-order valence-electron chi connectivity index (χ3n) is 8.39. The lowest BCUT2D eigenvalue weighted by atomic mass is 10.0. The molecule has 1 aliphatic carbocycles. The number of nitrogens with zero attached hydrogens (tertiary/aromatic N) is 2. The highest BCUT2D eigenvalue weighted by Crippen LogP contribution is 2.33. The van der Waals surface area contributed by atoms with Crippen molar-refractivity contribution in [1.29, 1.82) is 0 Å². The van der Waals surface area contributed by atoms with Gasteiger partial charge in [0.2, 0.25) is 11.8 Å². The molecule has 11 heteroatoms. The average molecular weight is 709 g/mol. The van der Waals surface area contributed by atoms with Crippen molar-refractivity contribution in [2.45, 2.75) is 62.6 Å². The van der Waals surface area contributed by atoms with Gasteiger partial charge < -0.3 is 15.0 Å². The highest BCUT2D eigenvalue weighted by atomic mass is 35.5. The van der Waals surface area contributed by atoms with Crippen LogP contribution in [-0.4, -0.2) is 50.4 Å². The van der Waals surface area contributed by atoms with Gasteiger partial charge in [-0.3, -0.25) is 13.9 Å². The molecule has 4 aromatic rings. The van der Waals surface area contributed by atoms with Gasteiger partial charge in [-0.15, -0.1) is 0 Å². The van der Waals surface area contributed by atoms with E-state index in [9.17, 15) is 18.0 Å². The van der Waals surface area contributed by atoms with Crippen molar-refractivity contribution in [3.63, 3.8) is 0 Å². The molecule has 0 spiro atoms. The van der Waals surface area contributed by atoms with Crippen LogP contribution >= 0.6 is 23.2 Å². The number of ether oxygens (including phenoxy) is 1. The maximum absolute atomic E-state index is 14.8. The molecule has 252 valence electrons. The number of halogens is 2. The van der Waals surface area contributed by atoms with Crippen LogP contribution in [0.3, 0.4) is 0 Å². The SMILES string of the molecule is CCOc1ccccc1N(CC(=O)N(Cc1ccccc1Cl)[C@H](Cc1ccccc1)C(=O)NC1CCCC1)S(=O)(=O)c1ccc(Cl)cc1. The fourth-order valence-electron chi connectivity index (χ4n) is 5.92. The summed E-state index contributed by atoms with van der Waals surface area (Å²) in [5.41, 5.74) is 1.67. The summed E-state index contributed by atoms with van der Waals surface area (Å²) in [6.07, 6.45) is 3.99. The van der Waals surface area contributed by atoms with Gasteiger partial charge >= 0.3 is 0 Å². The Bertz CT molecular complexity index is 1800. The van der Waals surface area contributed by atoms with Crippen LogP contribution in [0.1, 0.15) is 43.7 Å². The summed E-state index contributed by atoms with van der Waals surface area (Å²) in [6.45, 7) is 1.44. The molecule has 0 bridgehead atoms. The molecule has 5 rings (SSSR count). The van der Waals surface area contributed by atoms with Crippen molar-refractivity contribution >= 4 is 50.7 Å². The Morgan fingerprint density at radius 3 is 2.21 bits per heavy atom. The molecular formula is C37H39Cl2N3O5S. The van der Waals surface area contributed by atoms with Gasteiger partial charge in [0.25, 0.3) is 10.0 Å². The van der Waals surface area contributed by atoms with Gasteiger partial charge in [0.05, 0.1) is 17.2 Å². The van der Waals surface area contributed by atoms with Crippen LogP contribution in [0.25, 0.3) is 0 Å². The molecule has 0 saturated heterocycles. The Morgan fingerprint density at radius 2 is 1.52 bits per heavy atom. The fourth-order valence-corrected chi connectivity index (χ4v) is 7.67. The highest BCUT2D eigenvalue weighted by molar-refractivity contribution is 7.92. The number of para-hydroxylation sites is 2. The van der Waals surface area contributed by atoms with Gasteiger partial charge in [-0.05, 0) is 73.4 Å². The second-order valence-corrected chi connectivity index (χ2v) is 14.4. The molecule has 1 atom stereocenters. The van der Waals surface area contributed by atoms with Crippen LogP contribution in [0, 0.1) is 0 Å². The van der Waals surface area contributed by atoms with Crippen LogP contribution in [-0.2, 0) is 32.6 Å². The second-order valence-electron chi connectivity index (χ2n) is 11.7. The molecule has 48 heavy (non-hydrogen) atoms. The Morgan fingerprint density at radius 1 is 0.875 bits per heavy atom. The zero-order chi connectivity index (χ0) is 34.1. The lowest BCUT2D eigenvalue weighted by Crippen LogP contribution is -2.54. The van der Waals surface area contributed by atoms with Crippen molar-refractivity contribution < 1.29 is 22.7 Å². The molecule has 1 aliphatic rings. The molecule has 0 heterocycles. The first kappa shape index (κ1) is 35.3. The molecule has 0 aromatic heterocycles. The number of anilines is 1. The molecule has 8 nitrogen and oxygen atoms in total. The van der Waals surface area contributed by atoms with E-state index in [0.717, 1.165) is 35.6 Å². The summed E-state index contributed by atoms with van der Waals surface area (Å²) in [4.78, 5) is 30.3. The Hall–Kier alpha value is -4.05. The molecule has 1 fully saturated rings. The van der Waals surface area contributed by atoms with E-state index >= 15 is 0 Å². The van der Waals surface area contributed by atoms with Gasteiger partial charge in [0.1, 0.15) is 18.3 Å². The van der Waals surface area contributed by atoms with E-state index in [4.69, 9.17) is 27.9 Å². The molecule has 1 N–H and O–H groups in total.